The molecule has 0 spiro atoms. The zero-order valence-electron chi connectivity index (χ0n) is 18.5. The highest BCUT2D eigenvalue weighted by atomic mass is 35.5. The number of nitrogens with one attached hydrogen (secondary N) is 1. The van der Waals surface area contributed by atoms with Gasteiger partial charge in [0.15, 0.2) is 0 Å². The number of carbonyl (C=O) groups is 1. The number of methoxy groups -OCH3 is 1. The summed E-state index contributed by atoms with van der Waals surface area (Å²) in [7, 11) is 1.61. The van der Waals surface area contributed by atoms with Crippen molar-refractivity contribution in [2.45, 2.75) is 20.8 Å². The predicted octanol–water partition coefficient (Wildman–Crippen LogP) is 7.42. The number of amides is 1. The maximum atomic E-state index is 12.7. The average molecular weight is 446 g/mol. The molecule has 0 bridgehead atoms. The van der Waals surface area contributed by atoms with Crippen LogP contribution in [0.15, 0.2) is 71.4 Å². The molecule has 1 N–H and O–H groups in total. The number of halogens is 1. The molecule has 0 atom stereocenters. The van der Waals surface area contributed by atoms with Gasteiger partial charge in [0.1, 0.15) is 11.3 Å². The van der Waals surface area contributed by atoms with Crippen LogP contribution in [0, 0.1) is 13.8 Å². The molecule has 0 aliphatic rings. The Balaban J connectivity index is 1.71. The highest BCUT2D eigenvalue weighted by Gasteiger charge is 2.15. The third-order valence-electron chi connectivity index (χ3n) is 5.69. The smallest absolute Gasteiger partial charge is 0.248 e. The van der Waals surface area contributed by atoms with Gasteiger partial charge in [-0.3, -0.25) is 4.79 Å². The quantitative estimate of drug-likeness (QED) is 0.325. The van der Waals surface area contributed by atoms with Crippen molar-refractivity contribution < 1.29 is 13.9 Å². The number of allylic oxidation sites excluding steroid dienone is 1. The van der Waals surface area contributed by atoms with Gasteiger partial charge in [-0.2, -0.15) is 0 Å². The van der Waals surface area contributed by atoms with Crippen molar-refractivity contribution in [3.05, 3.63) is 88.6 Å². The second-order valence-electron chi connectivity index (χ2n) is 7.77. The van der Waals surface area contributed by atoms with Crippen molar-refractivity contribution in [1.29, 1.82) is 0 Å². The van der Waals surface area contributed by atoms with Crippen molar-refractivity contribution in [2.24, 2.45) is 0 Å². The van der Waals surface area contributed by atoms with Crippen LogP contribution in [0.4, 0.5) is 5.69 Å². The number of aryl methyl sites for hydroxylation is 1. The third-order valence-corrected chi connectivity index (χ3v) is 5.94. The van der Waals surface area contributed by atoms with Crippen molar-refractivity contribution in [3.8, 4) is 16.9 Å². The largest absolute Gasteiger partial charge is 0.496 e. The highest BCUT2D eigenvalue weighted by Crippen LogP contribution is 2.37. The Morgan fingerprint density at radius 3 is 2.56 bits per heavy atom. The number of carbonyl (C=O) groups excluding carboxylic acids is 1. The fourth-order valence-corrected chi connectivity index (χ4v) is 3.84. The molecule has 1 heterocycles. The number of hydrogen-bond acceptors (Lipinski definition) is 3. The normalized spacial score (nSPS) is 11.6. The molecule has 0 saturated heterocycles. The van der Waals surface area contributed by atoms with Gasteiger partial charge in [0.2, 0.25) is 5.91 Å². The summed E-state index contributed by atoms with van der Waals surface area (Å²) >= 11 is 6.04. The molecule has 1 aromatic heterocycles. The molecule has 0 unspecified atom stereocenters. The number of ether oxygens (including phenoxy) is 1. The Labute approximate surface area is 192 Å². The summed E-state index contributed by atoms with van der Waals surface area (Å²) in [6.07, 6.45) is 3.32. The molecule has 162 valence electrons. The van der Waals surface area contributed by atoms with Gasteiger partial charge in [-0.1, -0.05) is 35.9 Å². The van der Waals surface area contributed by atoms with E-state index in [-0.39, 0.29) is 5.91 Å². The summed E-state index contributed by atoms with van der Waals surface area (Å²) in [6.45, 7) is 5.92. The number of hydrogen-bond donors (Lipinski definition) is 1. The molecule has 0 aliphatic carbocycles. The average Bonchev–Trinajstić information content (AvgIpc) is 3.19. The Hall–Kier alpha value is -3.50. The summed E-state index contributed by atoms with van der Waals surface area (Å²) in [5.74, 6) is 0.450. The van der Waals surface area contributed by atoms with Gasteiger partial charge in [-0.15, -0.1) is 0 Å². The van der Waals surface area contributed by atoms with Crippen molar-refractivity contribution in [3.63, 3.8) is 0 Å². The lowest BCUT2D eigenvalue weighted by molar-refractivity contribution is -0.111. The molecule has 5 heteroatoms. The van der Waals surface area contributed by atoms with E-state index in [9.17, 15) is 4.79 Å². The Morgan fingerprint density at radius 1 is 1.09 bits per heavy atom. The first-order chi connectivity index (χ1) is 15.4. The standard InChI is InChI=1S/C27H24ClNO3/c1-16-6-5-7-24(18(16)3)29-27(30)12-17(2)21-13-22-23(19-8-10-20(28)11-9-19)15-32-26(22)14-25(21)31-4/h5-15H,1-4H3,(H,29,30)/b17-12+. The van der Waals surface area contributed by atoms with E-state index in [1.807, 2.05) is 75.4 Å². The number of benzene rings is 3. The Kier molecular flexibility index (Phi) is 6.06. The van der Waals surface area contributed by atoms with Crippen LogP contribution in [0.1, 0.15) is 23.6 Å². The van der Waals surface area contributed by atoms with Crippen molar-refractivity contribution >= 4 is 39.7 Å². The molecular formula is C27H24ClNO3. The summed E-state index contributed by atoms with van der Waals surface area (Å²) < 4.78 is 11.4. The lowest BCUT2D eigenvalue weighted by atomic mass is 9.99. The highest BCUT2D eigenvalue weighted by molar-refractivity contribution is 6.30. The van der Waals surface area contributed by atoms with E-state index in [0.29, 0.717) is 16.4 Å². The second-order valence-corrected chi connectivity index (χ2v) is 8.21. The van der Waals surface area contributed by atoms with Crippen LogP contribution in [-0.4, -0.2) is 13.0 Å². The van der Waals surface area contributed by atoms with Gasteiger partial charge >= 0.3 is 0 Å². The SMILES string of the molecule is COc1cc2occ(-c3ccc(Cl)cc3)c2cc1/C(C)=C/C(=O)Nc1cccc(C)c1C. The van der Waals surface area contributed by atoms with E-state index < -0.39 is 0 Å². The van der Waals surface area contributed by atoms with E-state index in [1.165, 1.54) is 0 Å². The monoisotopic (exact) mass is 445 g/mol. The Bertz CT molecular complexity index is 1330. The first-order valence-corrected chi connectivity index (χ1v) is 10.7. The molecule has 3 aromatic carbocycles. The van der Waals surface area contributed by atoms with E-state index in [0.717, 1.165) is 44.5 Å². The minimum Gasteiger partial charge on any atom is -0.496 e. The molecule has 0 saturated carbocycles. The van der Waals surface area contributed by atoms with E-state index in [4.69, 9.17) is 20.8 Å². The van der Waals surface area contributed by atoms with Gasteiger partial charge in [0.05, 0.1) is 13.4 Å². The number of rotatable bonds is 5. The van der Waals surface area contributed by atoms with Crippen LogP contribution in [0.2, 0.25) is 5.02 Å². The first kappa shape index (κ1) is 21.7. The summed E-state index contributed by atoms with van der Waals surface area (Å²) in [5.41, 5.74) is 7.26. The summed E-state index contributed by atoms with van der Waals surface area (Å²) in [6, 6.07) is 17.3. The van der Waals surface area contributed by atoms with Crippen LogP contribution in [-0.2, 0) is 4.79 Å². The van der Waals surface area contributed by atoms with Crippen molar-refractivity contribution in [1.82, 2.24) is 0 Å². The van der Waals surface area contributed by atoms with Gasteiger partial charge in [0.25, 0.3) is 0 Å². The number of furan rings is 1. The van der Waals surface area contributed by atoms with E-state index >= 15 is 0 Å². The molecule has 0 fully saturated rings. The summed E-state index contributed by atoms with van der Waals surface area (Å²) in [5, 5.41) is 4.59. The molecule has 4 aromatic rings. The first-order valence-electron chi connectivity index (χ1n) is 10.3. The predicted molar refractivity (Wildman–Crippen MR) is 131 cm³/mol. The number of fused-ring (bicyclic) bond motifs is 1. The van der Waals surface area contributed by atoms with E-state index in [1.54, 1.807) is 19.4 Å². The molecule has 0 aliphatic heterocycles. The lowest BCUT2D eigenvalue weighted by Crippen LogP contribution is -2.10. The fraction of sp³-hybridized carbons (Fsp3) is 0.148. The minimum absolute atomic E-state index is 0.191. The molecular weight excluding hydrogens is 422 g/mol. The zero-order chi connectivity index (χ0) is 22.8. The van der Waals surface area contributed by atoms with Crippen LogP contribution in [0.3, 0.4) is 0 Å². The van der Waals surface area contributed by atoms with Gasteiger partial charge in [-0.25, -0.2) is 0 Å². The van der Waals surface area contributed by atoms with E-state index in [2.05, 4.69) is 5.32 Å². The lowest BCUT2D eigenvalue weighted by Gasteiger charge is -2.11. The minimum atomic E-state index is -0.191. The fourth-order valence-electron chi connectivity index (χ4n) is 3.71. The van der Waals surface area contributed by atoms with Crippen LogP contribution >= 0.6 is 11.6 Å². The number of anilines is 1. The molecule has 32 heavy (non-hydrogen) atoms. The zero-order valence-corrected chi connectivity index (χ0v) is 19.2. The van der Waals surface area contributed by atoms with Crippen molar-refractivity contribution in [2.75, 3.05) is 12.4 Å². The molecule has 1 amide bonds. The Morgan fingerprint density at radius 2 is 1.84 bits per heavy atom. The van der Waals surface area contributed by atoms with Crippen LogP contribution < -0.4 is 10.1 Å². The maximum absolute atomic E-state index is 12.7. The second kappa shape index (κ2) is 8.93. The molecule has 4 nitrogen and oxygen atoms in total. The van der Waals surface area contributed by atoms with Crippen LogP contribution in [0.5, 0.6) is 5.75 Å². The van der Waals surface area contributed by atoms with Gasteiger partial charge < -0.3 is 14.5 Å². The topological polar surface area (TPSA) is 51.5 Å². The van der Waals surface area contributed by atoms with Gasteiger partial charge in [-0.05, 0) is 67.3 Å². The summed E-state index contributed by atoms with van der Waals surface area (Å²) in [4.78, 5) is 12.7. The third kappa shape index (κ3) is 4.27. The molecule has 0 radical (unpaired) electrons. The molecule has 4 rings (SSSR count). The van der Waals surface area contributed by atoms with Gasteiger partial charge in [0, 0.05) is 39.4 Å². The maximum Gasteiger partial charge on any atom is 0.248 e. The van der Waals surface area contributed by atoms with Crippen LogP contribution in [0.25, 0.3) is 27.7 Å².